The topological polar surface area (TPSA) is 145 Å². The number of fused-ring (bicyclic) bond motifs is 1. The molecule has 0 aliphatic carbocycles. The third-order valence-electron chi connectivity index (χ3n) is 4.78. The van der Waals surface area contributed by atoms with Crippen molar-refractivity contribution in [2.75, 3.05) is 17.2 Å². The molecule has 0 aliphatic heterocycles. The summed E-state index contributed by atoms with van der Waals surface area (Å²) >= 11 is 0. The maximum atomic E-state index is 11.3. The van der Waals surface area contributed by atoms with Crippen molar-refractivity contribution in [2.24, 2.45) is 5.92 Å². The second kappa shape index (κ2) is 8.54. The zero-order chi connectivity index (χ0) is 22.0. The highest BCUT2D eigenvalue weighted by molar-refractivity contribution is 5.93. The predicted molar refractivity (Wildman–Crippen MR) is 113 cm³/mol. The Morgan fingerprint density at radius 2 is 1.93 bits per heavy atom. The normalized spacial score (nSPS) is 12.5. The van der Waals surface area contributed by atoms with E-state index in [1.807, 2.05) is 32.3 Å². The number of nitrogens with zero attached hydrogens (tertiary/aromatic N) is 4. The van der Waals surface area contributed by atoms with E-state index in [-0.39, 0.29) is 35.9 Å². The van der Waals surface area contributed by atoms with Gasteiger partial charge in [0.05, 0.1) is 19.0 Å². The second-order valence-corrected chi connectivity index (χ2v) is 7.65. The van der Waals surface area contributed by atoms with E-state index in [1.54, 1.807) is 12.4 Å². The van der Waals surface area contributed by atoms with Crippen molar-refractivity contribution in [2.45, 2.75) is 39.8 Å². The van der Waals surface area contributed by atoms with E-state index < -0.39 is 5.97 Å². The highest BCUT2D eigenvalue weighted by atomic mass is 16.4. The summed E-state index contributed by atoms with van der Waals surface area (Å²) in [6.07, 6.45) is 1.67. The first-order valence-corrected chi connectivity index (χ1v) is 9.66. The monoisotopic (exact) mass is 414 g/mol. The van der Waals surface area contributed by atoms with Gasteiger partial charge >= 0.3 is 5.97 Å². The van der Waals surface area contributed by atoms with Crippen LogP contribution >= 0.6 is 0 Å². The number of aliphatic hydroxyl groups excluding tert-OH is 1. The Balaban J connectivity index is 2.08. The van der Waals surface area contributed by atoms with Crippen LogP contribution in [-0.2, 0) is 0 Å². The van der Waals surface area contributed by atoms with Gasteiger partial charge in [0.1, 0.15) is 11.3 Å². The average Bonchev–Trinajstić information content (AvgIpc) is 3.11. The lowest BCUT2D eigenvalue weighted by molar-refractivity contribution is 0.0693. The molecule has 30 heavy (non-hydrogen) atoms. The minimum Gasteiger partial charge on any atom is -0.507 e. The molecule has 5 N–H and O–H groups in total. The number of aromatic carboxylic acids is 1. The third-order valence-corrected chi connectivity index (χ3v) is 4.78. The lowest BCUT2D eigenvalue weighted by Gasteiger charge is -2.20. The average molecular weight is 414 g/mol. The molecule has 0 unspecified atom stereocenters. The lowest BCUT2D eigenvalue weighted by Crippen LogP contribution is -2.30. The van der Waals surface area contributed by atoms with Gasteiger partial charge in [-0.05, 0) is 38.0 Å². The number of aromatic hydroxyl groups is 1. The summed E-state index contributed by atoms with van der Waals surface area (Å²) in [5.74, 6) is -0.717. The summed E-state index contributed by atoms with van der Waals surface area (Å²) < 4.78 is 1.90. The molecule has 10 heteroatoms. The summed E-state index contributed by atoms with van der Waals surface area (Å²) in [4.78, 5) is 24.8. The van der Waals surface area contributed by atoms with Gasteiger partial charge < -0.3 is 30.5 Å². The van der Waals surface area contributed by atoms with Crippen molar-refractivity contribution >= 4 is 34.6 Å². The standard InChI is InChI=1S/C20H26N6O4/c1-10(2)14(8-27)23-20-24-17(16-18(25-20)26(9-21-16)11(3)4)22-12-5-6-15(28)13(7-12)19(29)30/h5-7,9-11,14,27-28H,8H2,1-4H3,(H,29,30)(H2,22,23,24,25)/t14-/m0/s1. The largest absolute Gasteiger partial charge is 0.507 e. The van der Waals surface area contributed by atoms with E-state index in [4.69, 9.17) is 0 Å². The van der Waals surface area contributed by atoms with Gasteiger partial charge in [0, 0.05) is 11.7 Å². The number of aromatic nitrogens is 4. The SMILES string of the molecule is CC(C)[C@H](CO)Nc1nc(Nc2ccc(O)c(C(=O)O)c2)c2ncn(C(C)C)c2n1. The smallest absolute Gasteiger partial charge is 0.339 e. The predicted octanol–water partition coefficient (Wildman–Crippen LogP) is 2.98. The number of rotatable bonds is 8. The zero-order valence-electron chi connectivity index (χ0n) is 17.3. The third kappa shape index (κ3) is 4.28. The van der Waals surface area contributed by atoms with Crippen molar-refractivity contribution in [1.29, 1.82) is 0 Å². The summed E-state index contributed by atoms with van der Waals surface area (Å²) in [5.41, 5.74) is 1.32. The second-order valence-electron chi connectivity index (χ2n) is 7.65. The van der Waals surface area contributed by atoms with Crippen LogP contribution < -0.4 is 10.6 Å². The number of carboxylic acid groups (broad SMARTS) is 1. The number of carboxylic acids is 1. The molecule has 1 aromatic carbocycles. The molecular formula is C20H26N6O4. The molecule has 3 rings (SSSR count). The molecule has 0 bridgehead atoms. The van der Waals surface area contributed by atoms with Crippen LogP contribution in [-0.4, -0.2) is 53.5 Å². The maximum absolute atomic E-state index is 11.3. The molecule has 0 radical (unpaired) electrons. The van der Waals surface area contributed by atoms with Gasteiger partial charge in [-0.15, -0.1) is 0 Å². The molecule has 0 saturated heterocycles. The lowest BCUT2D eigenvalue weighted by atomic mass is 10.1. The zero-order valence-corrected chi connectivity index (χ0v) is 17.3. The molecule has 0 fully saturated rings. The van der Waals surface area contributed by atoms with Crippen molar-refractivity contribution < 1.29 is 20.1 Å². The maximum Gasteiger partial charge on any atom is 0.339 e. The summed E-state index contributed by atoms with van der Waals surface area (Å²) in [6.45, 7) is 7.90. The number of anilines is 3. The van der Waals surface area contributed by atoms with E-state index in [0.717, 1.165) is 0 Å². The van der Waals surface area contributed by atoms with Crippen LogP contribution in [0.1, 0.15) is 44.1 Å². The van der Waals surface area contributed by atoms with Crippen molar-refractivity contribution in [3.8, 4) is 5.75 Å². The first kappa shape index (κ1) is 21.3. The summed E-state index contributed by atoms with van der Waals surface area (Å²) in [6, 6.07) is 4.04. The quantitative estimate of drug-likeness (QED) is 0.351. The molecule has 10 nitrogen and oxygen atoms in total. The van der Waals surface area contributed by atoms with Crippen LogP contribution in [0.4, 0.5) is 17.5 Å². The van der Waals surface area contributed by atoms with Gasteiger partial charge in [-0.1, -0.05) is 13.8 Å². The van der Waals surface area contributed by atoms with Crippen molar-refractivity contribution in [1.82, 2.24) is 19.5 Å². The first-order valence-electron chi connectivity index (χ1n) is 9.66. The Bertz CT molecular complexity index is 1060. The number of hydrogen-bond donors (Lipinski definition) is 5. The molecule has 3 aromatic rings. The molecule has 2 heterocycles. The van der Waals surface area contributed by atoms with Crippen LogP contribution in [0.25, 0.3) is 11.2 Å². The summed E-state index contributed by atoms with van der Waals surface area (Å²) in [5, 5.41) is 34.9. The molecule has 0 spiro atoms. The Kier molecular flexibility index (Phi) is 6.06. The summed E-state index contributed by atoms with van der Waals surface area (Å²) in [7, 11) is 0. The fraction of sp³-hybridized carbons (Fsp3) is 0.400. The van der Waals surface area contributed by atoms with Gasteiger partial charge in [0.25, 0.3) is 0 Å². The molecule has 2 aromatic heterocycles. The highest BCUT2D eigenvalue weighted by Crippen LogP contribution is 2.28. The number of imidazole rings is 1. The van der Waals surface area contributed by atoms with Gasteiger partial charge in [-0.25, -0.2) is 9.78 Å². The van der Waals surface area contributed by atoms with Gasteiger partial charge in [-0.3, -0.25) is 0 Å². The molecule has 1 atom stereocenters. The molecule has 160 valence electrons. The van der Waals surface area contributed by atoms with Crippen molar-refractivity contribution in [3.63, 3.8) is 0 Å². The van der Waals surface area contributed by atoms with E-state index >= 15 is 0 Å². The number of aliphatic hydroxyl groups is 1. The van der Waals surface area contributed by atoms with E-state index in [2.05, 4.69) is 25.6 Å². The Hall–Kier alpha value is -3.40. The fourth-order valence-corrected chi connectivity index (χ4v) is 2.96. The van der Waals surface area contributed by atoms with E-state index in [1.165, 1.54) is 12.1 Å². The van der Waals surface area contributed by atoms with E-state index in [9.17, 15) is 20.1 Å². The highest BCUT2D eigenvalue weighted by Gasteiger charge is 2.19. The van der Waals surface area contributed by atoms with Gasteiger partial charge in [-0.2, -0.15) is 9.97 Å². The number of carbonyl (C=O) groups is 1. The number of hydrogen-bond acceptors (Lipinski definition) is 8. The Morgan fingerprint density at radius 3 is 2.53 bits per heavy atom. The Morgan fingerprint density at radius 1 is 1.20 bits per heavy atom. The number of benzene rings is 1. The molecule has 0 saturated carbocycles. The first-order chi connectivity index (χ1) is 14.2. The van der Waals surface area contributed by atoms with E-state index in [0.29, 0.717) is 28.6 Å². The number of nitrogens with one attached hydrogen (secondary N) is 2. The molecule has 0 aliphatic rings. The minimum atomic E-state index is -1.24. The van der Waals surface area contributed by atoms with Crippen LogP contribution in [0, 0.1) is 5.92 Å². The van der Waals surface area contributed by atoms with Crippen LogP contribution in [0.15, 0.2) is 24.5 Å². The van der Waals surface area contributed by atoms with Crippen LogP contribution in [0.5, 0.6) is 5.75 Å². The van der Waals surface area contributed by atoms with Gasteiger partial charge in [0.15, 0.2) is 17.0 Å². The van der Waals surface area contributed by atoms with Crippen LogP contribution in [0.2, 0.25) is 0 Å². The van der Waals surface area contributed by atoms with Gasteiger partial charge in [0.2, 0.25) is 5.95 Å². The minimum absolute atomic E-state index is 0.0782. The Labute approximate surface area is 173 Å². The molecular weight excluding hydrogens is 388 g/mol. The molecule has 0 amide bonds. The van der Waals surface area contributed by atoms with Crippen LogP contribution in [0.3, 0.4) is 0 Å². The van der Waals surface area contributed by atoms with Crippen molar-refractivity contribution in [3.05, 3.63) is 30.1 Å². The number of phenols is 1. The fourth-order valence-electron chi connectivity index (χ4n) is 2.96.